The molecule has 1 heterocycles. The Bertz CT molecular complexity index is 1120. The lowest BCUT2D eigenvalue weighted by Crippen LogP contribution is -2.22. The molecule has 29 heavy (non-hydrogen) atoms. The minimum absolute atomic E-state index is 0.0935. The van der Waals surface area contributed by atoms with Gasteiger partial charge in [0.25, 0.3) is 5.91 Å². The maximum absolute atomic E-state index is 13.2. The van der Waals surface area contributed by atoms with E-state index in [-0.39, 0.29) is 16.3 Å². The fraction of sp³-hybridized carbons (Fsp3) is 0.100. The summed E-state index contributed by atoms with van der Waals surface area (Å²) in [5.41, 5.74) is 0.282. The van der Waals surface area contributed by atoms with Crippen LogP contribution >= 0.6 is 0 Å². The van der Waals surface area contributed by atoms with Crippen molar-refractivity contribution in [1.82, 2.24) is 9.29 Å². The molecule has 0 aliphatic heterocycles. The van der Waals surface area contributed by atoms with Gasteiger partial charge < -0.3 is 10.1 Å². The molecule has 0 fully saturated rings. The van der Waals surface area contributed by atoms with Crippen molar-refractivity contribution in [2.45, 2.75) is 4.90 Å². The van der Waals surface area contributed by atoms with Gasteiger partial charge in [-0.05, 0) is 48.5 Å². The van der Waals surface area contributed by atoms with Crippen LogP contribution in [0.5, 0.6) is 11.5 Å². The molecule has 9 heteroatoms. The number of hydrogen-bond acceptors (Lipinski definition) is 5. The molecule has 0 unspecified atom stereocenters. The molecule has 0 aliphatic rings. The van der Waals surface area contributed by atoms with E-state index in [0.717, 1.165) is 4.31 Å². The Labute approximate surface area is 167 Å². The number of nitrogens with zero attached hydrogens (tertiary/aromatic N) is 2. The zero-order valence-electron chi connectivity index (χ0n) is 15.7. The Morgan fingerprint density at radius 3 is 2.34 bits per heavy atom. The molecule has 0 spiro atoms. The van der Waals surface area contributed by atoms with E-state index in [4.69, 9.17) is 4.74 Å². The number of benzene rings is 2. The molecule has 1 N–H and O–H groups in total. The van der Waals surface area contributed by atoms with E-state index in [1.165, 1.54) is 68.8 Å². The Morgan fingerprint density at radius 1 is 1.03 bits per heavy atom. The maximum Gasteiger partial charge on any atom is 0.256 e. The van der Waals surface area contributed by atoms with Crippen molar-refractivity contribution in [2.24, 2.45) is 0 Å². The third-order valence-corrected chi connectivity index (χ3v) is 5.73. The van der Waals surface area contributed by atoms with E-state index in [1.54, 1.807) is 12.1 Å². The fourth-order valence-corrected chi connectivity index (χ4v) is 3.26. The van der Waals surface area contributed by atoms with Crippen molar-refractivity contribution in [1.29, 1.82) is 0 Å². The summed E-state index contributed by atoms with van der Waals surface area (Å²) in [5.74, 6) is 0.142. The first-order valence-corrected chi connectivity index (χ1v) is 9.93. The maximum atomic E-state index is 13.2. The van der Waals surface area contributed by atoms with Crippen molar-refractivity contribution >= 4 is 21.7 Å². The van der Waals surface area contributed by atoms with Gasteiger partial charge in [0.2, 0.25) is 10.0 Å². The molecule has 3 aromatic rings. The van der Waals surface area contributed by atoms with Crippen LogP contribution in [0.2, 0.25) is 0 Å². The van der Waals surface area contributed by atoms with E-state index >= 15 is 0 Å². The molecule has 150 valence electrons. The van der Waals surface area contributed by atoms with Crippen molar-refractivity contribution < 1.29 is 22.3 Å². The van der Waals surface area contributed by atoms with Crippen LogP contribution in [0.4, 0.5) is 10.2 Å². The van der Waals surface area contributed by atoms with Gasteiger partial charge in [-0.15, -0.1) is 0 Å². The highest BCUT2D eigenvalue weighted by Gasteiger charge is 2.17. The first-order valence-electron chi connectivity index (χ1n) is 8.49. The van der Waals surface area contributed by atoms with Gasteiger partial charge in [0.15, 0.2) is 0 Å². The molecule has 1 aromatic heterocycles. The standard InChI is InChI=1S/C20H18FN3O4S/c1-24(2)29(26,27)18-9-6-14(7-10-18)20(25)23-19-11-8-17(13-22-19)28-16-5-3-4-15(21)12-16/h3-13H,1-2H3,(H,22,23,25). The summed E-state index contributed by atoms with van der Waals surface area (Å²) < 4.78 is 43.9. The molecule has 0 saturated heterocycles. The van der Waals surface area contributed by atoms with E-state index in [0.29, 0.717) is 11.5 Å². The number of aromatic nitrogens is 1. The second kappa shape index (κ2) is 8.38. The minimum atomic E-state index is -3.56. The van der Waals surface area contributed by atoms with Gasteiger partial charge in [0, 0.05) is 25.7 Å². The first-order chi connectivity index (χ1) is 13.8. The van der Waals surface area contributed by atoms with E-state index < -0.39 is 21.7 Å². The number of carbonyl (C=O) groups excluding carboxylic acids is 1. The molecular formula is C20H18FN3O4S. The molecule has 7 nitrogen and oxygen atoms in total. The number of ether oxygens (including phenoxy) is 1. The second-order valence-corrected chi connectivity index (χ2v) is 8.36. The monoisotopic (exact) mass is 415 g/mol. The summed E-state index contributed by atoms with van der Waals surface area (Å²) in [6.45, 7) is 0. The van der Waals surface area contributed by atoms with Gasteiger partial charge in [-0.3, -0.25) is 4.79 Å². The van der Waals surface area contributed by atoms with Gasteiger partial charge in [-0.2, -0.15) is 0 Å². The van der Waals surface area contributed by atoms with E-state index in [9.17, 15) is 17.6 Å². The van der Waals surface area contributed by atoms with Crippen LogP contribution in [0, 0.1) is 5.82 Å². The van der Waals surface area contributed by atoms with Crippen LogP contribution in [0.25, 0.3) is 0 Å². The molecule has 0 bridgehead atoms. The molecule has 0 saturated carbocycles. The quantitative estimate of drug-likeness (QED) is 0.666. The minimum Gasteiger partial charge on any atom is -0.456 e. The Morgan fingerprint density at radius 2 is 1.76 bits per heavy atom. The number of carbonyl (C=O) groups is 1. The summed E-state index contributed by atoms with van der Waals surface area (Å²) in [4.78, 5) is 16.5. The van der Waals surface area contributed by atoms with Crippen molar-refractivity contribution in [3.8, 4) is 11.5 Å². The van der Waals surface area contributed by atoms with Crippen LogP contribution in [0.1, 0.15) is 10.4 Å². The zero-order chi connectivity index (χ0) is 21.0. The van der Waals surface area contributed by atoms with Crippen LogP contribution < -0.4 is 10.1 Å². The van der Waals surface area contributed by atoms with E-state index in [1.807, 2.05) is 0 Å². The molecule has 2 aromatic carbocycles. The number of sulfonamides is 1. The Balaban J connectivity index is 1.66. The average molecular weight is 415 g/mol. The molecule has 0 radical (unpaired) electrons. The predicted molar refractivity (Wildman–Crippen MR) is 106 cm³/mol. The number of hydrogen-bond donors (Lipinski definition) is 1. The number of pyridine rings is 1. The lowest BCUT2D eigenvalue weighted by Gasteiger charge is -2.11. The molecule has 1 amide bonds. The highest BCUT2D eigenvalue weighted by atomic mass is 32.2. The summed E-state index contributed by atoms with van der Waals surface area (Å²) in [7, 11) is -0.692. The highest BCUT2D eigenvalue weighted by Crippen LogP contribution is 2.22. The third-order valence-electron chi connectivity index (χ3n) is 3.90. The van der Waals surface area contributed by atoms with E-state index in [2.05, 4.69) is 10.3 Å². The van der Waals surface area contributed by atoms with Crippen molar-refractivity contribution in [3.05, 3.63) is 78.2 Å². The second-order valence-electron chi connectivity index (χ2n) is 6.20. The normalized spacial score (nSPS) is 11.3. The lowest BCUT2D eigenvalue weighted by atomic mass is 10.2. The van der Waals surface area contributed by atoms with Crippen molar-refractivity contribution in [2.75, 3.05) is 19.4 Å². The fourth-order valence-electron chi connectivity index (χ4n) is 2.36. The summed E-state index contributed by atoms with van der Waals surface area (Å²) in [5, 5.41) is 2.61. The van der Waals surface area contributed by atoms with Crippen LogP contribution in [0.15, 0.2) is 71.8 Å². The Kier molecular flexibility index (Phi) is 5.90. The van der Waals surface area contributed by atoms with Gasteiger partial charge >= 0.3 is 0 Å². The molecular weight excluding hydrogens is 397 g/mol. The SMILES string of the molecule is CN(C)S(=O)(=O)c1ccc(C(=O)Nc2ccc(Oc3cccc(F)c3)cn2)cc1. The topological polar surface area (TPSA) is 88.6 Å². The number of nitrogens with one attached hydrogen (secondary N) is 1. The van der Waals surface area contributed by atoms with Gasteiger partial charge in [0.1, 0.15) is 23.1 Å². The number of amides is 1. The molecule has 0 atom stereocenters. The predicted octanol–water partition coefficient (Wildman–Crippen LogP) is 3.52. The number of rotatable bonds is 6. The lowest BCUT2D eigenvalue weighted by molar-refractivity contribution is 0.102. The van der Waals surface area contributed by atoms with Crippen LogP contribution in [-0.4, -0.2) is 37.7 Å². The largest absolute Gasteiger partial charge is 0.456 e. The zero-order valence-corrected chi connectivity index (χ0v) is 16.5. The summed E-state index contributed by atoms with van der Waals surface area (Å²) in [6, 6.07) is 14.4. The highest BCUT2D eigenvalue weighted by molar-refractivity contribution is 7.89. The van der Waals surface area contributed by atoms with Crippen molar-refractivity contribution in [3.63, 3.8) is 0 Å². The summed E-state index contributed by atoms with van der Waals surface area (Å²) >= 11 is 0. The summed E-state index contributed by atoms with van der Waals surface area (Å²) in [6.07, 6.45) is 1.40. The van der Waals surface area contributed by atoms with Gasteiger partial charge in [-0.1, -0.05) is 6.07 Å². The van der Waals surface area contributed by atoms with Gasteiger partial charge in [-0.25, -0.2) is 22.1 Å². The Hall–Kier alpha value is -3.30. The van der Waals surface area contributed by atoms with Crippen LogP contribution in [0.3, 0.4) is 0 Å². The van der Waals surface area contributed by atoms with Gasteiger partial charge in [0.05, 0.1) is 11.1 Å². The van der Waals surface area contributed by atoms with Crippen LogP contribution in [-0.2, 0) is 10.0 Å². The third kappa shape index (κ3) is 4.95. The smallest absolute Gasteiger partial charge is 0.256 e. The molecule has 0 aliphatic carbocycles. The number of halogens is 1. The average Bonchev–Trinajstić information content (AvgIpc) is 2.69. The molecule has 3 rings (SSSR count). The first kappa shape index (κ1) is 20.4. The number of anilines is 1.